The van der Waals surface area contributed by atoms with Gasteiger partial charge in [-0.25, -0.2) is 29.5 Å². The number of ether oxygens (including phenoxy) is 4. The summed E-state index contributed by atoms with van der Waals surface area (Å²) in [4.78, 5) is 40.6. The number of rotatable bonds is 18. The summed E-state index contributed by atoms with van der Waals surface area (Å²) in [5.41, 5.74) is 4.28. The molecule has 4 aromatic carbocycles. The van der Waals surface area contributed by atoms with Gasteiger partial charge in [0, 0.05) is 30.5 Å². The van der Waals surface area contributed by atoms with Crippen molar-refractivity contribution < 1.29 is 38.6 Å². The van der Waals surface area contributed by atoms with Gasteiger partial charge in [-0.1, -0.05) is 84.4 Å². The molecule has 4 N–H and O–H groups in total. The predicted octanol–water partition coefficient (Wildman–Crippen LogP) is 6.61. The van der Waals surface area contributed by atoms with Crippen LogP contribution in [0.4, 0.5) is 11.6 Å². The van der Waals surface area contributed by atoms with Crippen molar-refractivity contribution in [1.29, 1.82) is 0 Å². The largest absolute Gasteiger partial charge is 0.493 e. The van der Waals surface area contributed by atoms with Gasteiger partial charge in [-0.05, 0) is 90.5 Å². The van der Waals surface area contributed by atoms with E-state index in [0.717, 1.165) is 58.9 Å². The summed E-state index contributed by atoms with van der Waals surface area (Å²) in [6, 6.07) is 36.5. The summed E-state index contributed by atoms with van der Waals surface area (Å²) in [6.45, 7) is 1.57. The van der Waals surface area contributed by atoms with Gasteiger partial charge in [0.2, 0.25) is 0 Å². The minimum atomic E-state index is -1.40. The highest BCUT2D eigenvalue weighted by Crippen LogP contribution is 2.31. The molecule has 8 rings (SSSR count). The summed E-state index contributed by atoms with van der Waals surface area (Å²) >= 11 is 5.79. The van der Waals surface area contributed by atoms with Crippen molar-refractivity contribution in [1.82, 2.24) is 19.9 Å². The van der Waals surface area contributed by atoms with E-state index in [9.17, 15) is 9.59 Å². The summed E-state index contributed by atoms with van der Waals surface area (Å²) in [5.74, 6) is 3.47. The normalized spacial score (nSPS) is 13.6. The standard InChI is InChI=1S/C24H25N3O3.C14H14ClN3O2.C10H13BO3/c1-29-24(28)22(13-17-5-3-2-4-6-17)27-23-14-21(25-16-26-23)19-9-11-20(12-10-19)30-15-18-7-8-18;1-20-14(19)11(7-10-5-3-2-4-6-10)18-13-8-12(15)16-9-17-13;12-11(13)9-3-5-10(6-4-9)14-7-8-1-2-8/h2-6,9-12,14,16,18,22H,7-8,13,15H2,1H3,(H,25,26,27);2-6,8-9,11H,7H2,1H3,(H,16,17,18);3-6,8,12-13H,1-2,7H2/t22-;11-;/m11./s1. The zero-order valence-electron chi connectivity index (χ0n) is 35.8. The monoisotopic (exact) mass is 886 g/mol. The van der Waals surface area contributed by atoms with Crippen molar-refractivity contribution in [2.75, 3.05) is 38.1 Å². The number of nitrogens with one attached hydrogen (secondary N) is 2. The molecule has 6 aromatic rings. The molecule has 0 saturated heterocycles. The van der Waals surface area contributed by atoms with Gasteiger partial charge < -0.3 is 39.6 Å². The number of nitrogens with zero attached hydrogens (tertiary/aromatic N) is 4. The van der Waals surface area contributed by atoms with E-state index in [2.05, 4.69) is 30.6 Å². The SMILES string of the molecule is COC(=O)[C@@H](Cc1ccccc1)Nc1cc(-c2ccc(OCC3CC3)cc2)ncn1.COC(=O)[C@@H](Cc1ccccc1)Nc1cc(Cl)ncn1.OB(O)c1ccc(OCC2CC2)cc1. The van der Waals surface area contributed by atoms with Crippen molar-refractivity contribution in [2.24, 2.45) is 11.8 Å². The van der Waals surface area contributed by atoms with Crippen LogP contribution in [0.2, 0.25) is 5.15 Å². The zero-order valence-corrected chi connectivity index (χ0v) is 36.5. The van der Waals surface area contributed by atoms with Crippen LogP contribution in [0.1, 0.15) is 36.8 Å². The van der Waals surface area contributed by atoms with Crippen LogP contribution in [0.15, 0.2) is 134 Å². The van der Waals surface area contributed by atoms with Gasteiger partial charge in [-0.15, -0.1) is 0 Å². The molecule has 332 valence electrons. The average molecular weight is 887 g/mol. The lowest BCUT2D eigenvalue weighted by atomic mass is 9.80. The molecule has 64 heavy (non-hydrogen) atoms. The van der Waals surface area contributed by atoms with Crippen LogP contribution < -0.4 is 25.6 Å². The molecule has 0 unspecified atom stereocenters. The lowest BCUT2D eigenvalue weighted by Gasteiger charge is -2.17. The van der Waals surface area contributed by atoms with Crippen molar-refractivity contribution in [3.63, 3.8) is 0 Å². The van der Waals surface area contributed by atoms with Crippen molar-refractivity contribution in [3.05, 3.63) is 150 Å². The van der Waals surface area contributed by atoms with Gasteiger partial charge in [0.25, 0.3) is 0 Å². The van der Waals surface area contributed by atoms with Gasteiger partial charge in [-0.2, -0.15) is 0 Å². The Morgan fingerprint density at radius 2 is 1.09 bits per heavy atom. The number of esters is 2. The minimum absolute atomic E-state index is 0.311. The van der Waals surface area contributed by atoms with Gasteiger partial charge in [0.05, 0.1) is 33.1 Å². The molecule has 0 aliphatic heterocycles. The molecule has 2 atom stereocenters. The van der Waals surface area contributed by atoms with E-state index < -0.39 is 19.2 Å². The van der Waals surface area contributed by atoms with Crippen molar-refractivity contribution in [3.8, 4) is 22.8 Å². The molecule has 2 aliphatic carbocycles. The number of methoxy groups -OCH3 is 2. The molecule has 2 aromatic heterocycles. The Labute approximate surface area is 378 Å². The zero-order chi connectivity index (χ0) is 45.1. The number of anilines is 2. The van der Waals surface area contributed by atoms with Crippen LogP contribution in [0.25, 0.3) is 11.3 Å². The van der Waals surface area contributed by atoms with Crippen LogP contribution in [0.3, 0.4) is 0 Å². The van der Waals surface area contributed by atoms with Crippen LogP contribution >= 0.6 is 11.6 Å². The molecule has 0 radical (unpaired) electrons. The predicted molar refractivity (Wildman–Crippen MR) is 246 cm³/mol. The topological polar surface area (TPSA) is 187 Å². The number of hydrogen-bond acceptors (Lipinski definition) is 14. The van der Waals surface area contributed by atoms with Gasteiger partial charge in [0.15, 0.2) is 0 Å². The molecule has 2 fully saturated rings. The molecule has 16 heteroatoms. The Bertz CT molecular complexity index is 2340. The number of aromatic nitrogens is 4. The average Bonchev–Trinajstić information content (AvgIpc) is 4.28. The fourth-order valence-electron chi connectivity index (χ4n) is 6.19. The maximum Gasteiger partial charge on any atom is 0.488 e. The first-order chi connectivity index (χ1) is 31.1. The van der Waals surface area contributed by atoms with Crippen molar-refractivity contribution >= 4 is 47.8 Å². The van der Waals surface area contributed by atoms with Crippen LogP contribution in [-0.4, -0.2) is 88.6 Å². The van der Waals surface area contributed by atoms with Gasteiger partial charge in [0.1, 0.15) is 53.0 Å². The molecular weight excluding hydrogens is 835 g/mol. The van der Waals surface area contributed by atoms with E-state index in [0.29, 0.717) is 35.1 Å². The van der Waals surface area contributed by atoms with Crippen LogP contribution in [0, 0.1) is 11.8 Å². The second-order valence-electron chi connectivity index (χ2n) is 15.3. The highest BCUT2D eigenvalue weighted by Gasteiger charge is 2.24. The first-order valence-corrected chi connectivity index (χ1v) is 21.4. The first-order valence-electron chi connectivity index (χ1n) is 21.0. The number of carbonyl (C=O) groups is 2. The Balaban J connectivity index is 0.000000172. The van der Waals surface area contributed by atoms with E-state index in [1.165, 1.54) is 52.6 Å². The third kappa shape index (κ3) is 16.0. The molecule has 2 aliphatic rings. The highest BCUT2D eigenvalue weighted by atomic mass is 35.5. The molecule has 0 bridgehead atoms. The second-order valence-corrected chi connectivity index (χ2v) is 15.7. The summed E-state index contributed by atoms with van der Waals surface area (Å²) in [6.07, 6.45) is 8.90. The minimum Gasteiger partial charge on any atom is -0.493 e. The molecule has 0 spiro atoms. The lowest BCUT2D eigenvalue weighted by Crippen LogP contribution is -2.33. The van der Waals surface area contributed by atoms with E-state index in [-0.39, 0.29) is 11.9 Å². The number of hydrogen-bond donors (Lipinski definition) is 4. The highest BCUT2D eigenvalue weighted by molar-refractivity contribution is 6.58. The van der Waals surface area contributed by atoms with Crippen LogP contribution in [-0.2, 0) is 31.9 Å². The molecule has 2 heterocycles. The number of carbonyl (C=O) groups excluding carboxylic acids is 2. The summed E-state index contributed by atoms with van der Waals surface area (Å²) < 4.78 is 21.1. The molecule has 0 amide bonds. The van der Waals surface area contributed by atoms with Gasteiger partial charge >= 0.3 is 19.1 Å². The third-order valence-electron chi connectivity index (χ3n) is 10.2. The van der Waals surface area contributed by atoms with E-state index in [1.54, 1.807) is 30.3 Å². The second kappa shape index (κ2) is 24.3. The maximum absolute atomic E-state index is 12.3. The maximum atomic E-state index is 12.3. The summed E-state index contributed by atoms with van der Waals surface area (Å²) in [5, 5.41) is 24.2. The van der Waals surface area contributed by atoms with E-state index in [4.69, 9.17) is 40.6 Å². The lowest BCUT2D eigenvalue weighted by molar-refractivity contribution is -0.142. The van der Waals surface area contributed by atoms with Crippen molar-refractivity contribution in [2.45, 2.75) is 50.6 Å². The number of halogens is 1. The summed E-state index contributed by atoms with van der Waals surface area (Å²) in [7, 11) is 1.35. The first kappa shape index (κ1) is 46.9. The molecule has 2 saturated carbocycles. The van der Waals surface area contributed by atoms with Crippen LogP contribution in [0.5, 0.6) is 11.5 Å². The Morgan fingerprint density at radius 1 is 0.641 bits per heavy atom. The van der Waals surface area contributed by atoms with E-state index in [1.807, 2.05) is 91.0 Å². The van der Waals surface area contributed by atoms with Gasteiger partial charge in [-0.3, -0.25) is 0 Å². The smallest absolute Gasteiger partial charge is 0.488 e. The van der Waals surface area contributed by atoms with E-state index >= 15 is 0 Å². The molecular formula is C48H52BClN6O8. The number of benzene rings is 4. The fourth-order valence-corrected chi connectivity index (χ4v) is 6.34. The quantitative estimate of drug-likeness (QED) is 0.0410. The Morgan fingerprint density at radius 3 is 1.53 bits per heavy atom. The Hall–Kier alpha value is -6.55. The third-order valence-corrected chi connectivity index (χ3v) is 10.4. The Kier molecular flexibility index (Phi) is 17.9. The molecule has 14 nitrogen and oxygen atoms in total. The fraction of sp³-hybridized carbons (Fsp3) is 0.292.